The van der Waals surface area contributed by atoms with Crippen molar-refractivity contribution in [3.63, 3.8) is 0 Å². The largest absolute Gasteiger partial charge is 0.383 e. The molecule has 0 aliphatic heterocycles. The molecule has 1 aliphatic carbocycles. The Hall–Kier alpha value is -2.69. The van der Waals surface area contributed by atoms with Gasteiger partial charge >= 0.3 is 0 Å². The first-order valence-corrected chi connectivity index (χ1v) is 8.85. The van der Waals surface area contributed by atoms with E-state index in [2.05, 4.69) is 26.7 Å². The molecule has 0 aromatic carbocycles. The summed E-state index contributed by atoms with van der Waals surface area (Å²) in [7, 11) is 0. The smallest absolute Gasteiger partial charge is 0.253 e. The van der Waals surface area contributed by atoms with E-state index in [1.807, 2.05) is 18.2 Å². The molecule has 0 saturated carbocycles. The van der Waals surface area contributed by atoms with Crippen molar-refractivity contribution in [1.29, 1.82) is 0 Å². The maximum atomic E-state index is 12.3. The first-order chi connectivity index (χ1) is 12.3. The summed E-state index contributed by atoms with van der Waals surface area (Å²) in [4.78, 5) is 20.5. The molecule has 5 nitrogen and oxygen atoms in total. The second-order valence-electron chi connectivity index (χ2n) is 6.29. The van der Waals surface area contributed by atoms with Crippen LogP contribution >= 0.6 is 0 Å². The van der Waals surface area contributed by atoms with E-state index in [4.69, 9.17) is 0 Å². The van der Waals surface area contributed by atoms with Crippen LogP contribution in [0.5, 0.6) is 0 Å². The van der Waals surface area contributed by atoms with Gasteiger partial charge in [0, 0.05) is 37.9 Å². The van der Waals surface area contributed by atoms with Crippen LogP contribution in [-0.2, 0) is 6.54 Å². The number of nitrogens with one attached hydrogen (secondary N) is 2. The highest BCUT2D eigenvalue weighted by molar-refractivity contribution is 5.94. The zero-order valence-corrected chi connectivity index (χ0v) is 14.4. The number of carbonyl (C=O) groups excluding carboxylic acids is 1. The summed E-state index contributed by atoms with van der Waals surface area (Å²) in [5.74, 6) is -0.130. The fraction of sp³-hybridized carbons (Fsp3) is 0.350. The molecule has 2 N–H and O–H groups in total. The van der Waals surface area contributed by atoms with Crippen LogP contribution in [0.3, 0.4) is 0 Å². The average molecular weight is 336 g/mol. The molecule has 0 spiro atoms. The fourth-order valence-corrected chi connectivity index (χ4v) is 2.95. The highest BCUT2D eigenvalue weighted by Gasteiger charge is 2.08. The first-order valence-electron chi connectivity index (χ1n) is 8.85. The van der Waals surface area contributed by atoms with Crippen LogP contribution in [0.1, 0.15) is 48.0 Å². The van der Waals surface area contributed by atoms with Gasteiger partial charge in [-0.2, -0.15) is 0 Å². The minimum absolute atomic E-state index is 0.130. The molecule has 130 valence electrons. The third-order valence-electron chi connectivity index (χ3n) is 4.34. The van der Waals surface area contributed by atoms with Gasteiger partial charge in [-0.05, 0) is 49.8 Å². The quantitative estimate of drug-likeness (QED) is 0.757. The number of nitrogens with zero attached hydrogens (tertiary/aromatic N) is 2. The van der Waals surface area contributed by atoms with Crippen LogP contribution in [0.4, 0.5) is 5.69 Å². The van der Waals surface area contributed by atoms with E-state index in [0.29, 0.717) is 12.1 Å². The van der Waals surface area contributed by atoms with Crippen LogP contribution in [-0.4, -0.2) is 22.4 Å². The number of carbonyl (C=O) groups is 1. The van der Waals surface area contributed by atoms with Crippen molar-refractivity contribution < 1.29 is 4.79 Å². The number of hydrogen-bond donors (Lipinski definition) is 2. The Balaban J connectivity index is 1.50. The number of pyridine rings is 2. The Labute approximate surface area is 148 Å². The van der Waals surface area contributed by atoms with Gasteiger partial charge in [0.25, 0.3) is 5.91 Å². The maximum Gasteiger partial charge on any atom is 0.253 e. The van der Waals surface area contributed by atoms with Crippen LogP contribution in [0.15, 0.2) is 54.6 Å². The number of rotatable bonds is 7. The van der Waals surface area contributed by atoms with Crippen molar-refractivity contribution >= 4 is 11.6 Å². The Bertz CT molecular complexity index is 727. The predicted molar refractivity (Wildman–Crippen MR) is 99.3 cm³/mol. The monoisotopic (exact) mass is 336 g/mol. The van der Waals surface area contributed by atoms with Crippen molar-refractivity contribution in [2.75, 3.05) is 11.9 Å². The molecule has 0 unspecified atom stereocenters. The molecule has 3 rings (SSSR count). The van der Waals surface area contributed by atoms with E-state index in [1.54, 1.807) is 24.8 Å². The summed E-state index contributed by atoms with van der Waals surface area (Å²) in [6, 6.07) is 5.64. The number of anilines is 1. The van der Waals surface area contributed by atoms with Gasteiger partial charge in [-0.3, -0.25) is 14.8 Å². The molecule has 0 bridgehead atoms. The van der Waals surface area contributed by atoms with Crippen LogP contribution in [0.25, 0.3) is 0 Å². The van der Waals surface area contributed by atoms with E-state index < -0.39 is 0 Å². The summed E-state index contributed by atoms with van der Waals surface area (Å²) >= 11 is 0. The molecule has 0 atom stereocenters. The molecule has 0 saturated heterocycles. The highest BCUT2D eigenvalue weighted by Crippen LogP contribution is 2.20. The lowest BCUT2D eigenvalue weighted by Gasteiger charge is -2.13. The Morgan fingerprint density at radius 2 is 2.12 bits per heavy atom. The molecule has 2 aromatic rings. The summed E-state index contributed by atoms with van der Waals surface area (Å²) < 4.78 is 0. The molecule has 2 aromatic heterocycles. The second-order valence-corrected chi connectivity index (χ2v) is 6.29. The van der Waals surface area contributed by atoms with E-state index in [9.17, 15) is 4.79 Å². The number of amides is 1. The van der Waals surface area contributed by atoms with E-state index in [1.165, 1.54) is 31.3 Å². The summed E-state index contributed by atoms with van der Waals surface area (Å²) in [5.41, 5.74) is 3.95. The lowest BCUT2D eigenvalue weighted by molar-refractivity contribution is 0.0950. The van der Waals surface area contributed by atoms with E-state index in [0.717, 1.165) is 24.2 Å². The van der Waals surface area contributed by atoms with Crippen LogP contribution in [0.2, 0.25) is 0 Å². The Morgan fingerprint density at radius 3 is 2.92 bits per heavy atom. The molecule has 0 fully saturated rings. The van der Waals surface area contributed by atoms with Gasteiger partial charge in [0.1, 0.15) is 0 Å². The van der Waals surface area contributed by atoms with E-state index >= 15 is 0 Å². The molecule has 1 aliphatic rings. The molecular weight excluding hydrogens is 312 g/mol. The number of allylic oxidation sites excluding steroid dienone is 1. The molecule has 25 heavy (non-hydrogen) atoms. The van der Waals surface area contributed by atoms with Gasteiger partial charge in [-0.25, -0.2) is 0 Å². The minimum Gasteiger partial charge on any atom is -0.383 e. The Morgan fingerprint density at radius 1 is 1.16 bits per heavy atom. The summed E-state index contributed by atoms with van der Waals surface area (Å²) in [6.07, 6.45) is 15.3. The zero-order chi connectivity index (χ0) is 17.3. The van der Waals surface area contributed by atoms with Crippen molar-refractivity contribution in [2.45, 2.75) is 38.6 Å². The number of hydrogen-bond acceptors (Lipinski definition) is 4. The number of aromatic nitrogens is 2. The molecule has 2 heterocycles. The lowest BCUT2D eigenvalue weighted by Crippen LogP contribution is -2.23. The highest BCUT2D eigenvalue weighted by atomic mass is 16.1. The van der Waals surface area contributed by atoms with Gasteiger partial charge in [-0.15, -0.1) is 0 Å². The first kappa shape index (κ1) is 17.1. The van der Waals surface area contributed by atoms with Gasteiger partial charge in [0.2, 0.25) is 0 Å². The van der Waals surface area contributed by atoms with Gasteiger partial charge < -0.3 is 10.6 Å². The molecule has 5 heteroatoms. The fourth-order valence-electron chi connectivity index (χ4n) is 2.95. The SMILES string of the molecule is O=C(NCc1cccnc1)c1cncc(NCCC2=CCCCC2)c1. The standard InChI is InChI=1S/C20H24N4O/c25-20(24-13-17-7-4-9-21-12-17)18-11-19(15-22-14-18)23-10-8-16-5-2-1-3-6-16/h4-5,7,9,11-12,14-15,23H,1-3,6,8,10,13H2,(H,24,25). The topological polar surface area (TPSA) is 66.9 Å². The van der Waals surface area contributed by atoms with Crippen molar-refractivity contribution in [2.24, 2.45) is 0 Å². The van der Waals surface area contributed by atoms with E-state index in [-0.39, 0.29) is 5.91 Å². The molecule has 1 amide bonds. The summed E-state index contributed by atoms with van der Waals surface area (Å²) in [5, 5.41) is 6.26. The lowest BCUT2D eigenvalue weighted by atomic mass is 9.97. The van der Waals surface area contributed by atoms with Gasteiger partial charge in [0.15, 0.2) is 0 Å². The third kappa shape index (κ3) is 5.41. The van der Waals surface area contributed by atoms with Crippen molar-refractivity contribution in [3.05, 3.63) is 65.8 Å². The minimum atomic E-state index is -0.130. The second kappa shape index (κ2) is 8.97. The van der Waals surface area contributed by atoms with Gasteiger partial charge in [0.05, 0.1) is 11.3 Å². The average Bonchev–Trinajstić information content (AvgIpc) is 2.68. The van der Waals surface area contributed by atoms with Crippen LogP contribution in [0, 0.1) is 0 Å². The van der Waals surface area contributed by atoms with Crippen molar-refractivity contribution in [3.8, 4) is 0 Å². The van der Waals surface area contributed by atoms with Crippen LogP contribution < -0.4 is 10.6 Å². The Kier molecular flexibility index (Phi) is 6.15. The molecule has 0 radical (unpaired) electrons. The summed E-state index contributed by atoms with van der Waals surface area (Å²) in [6.45, 7) is 1.33. The predicted octanol–water partition coefficient (Wildman–Crippen LogP) is 3.71. The normalized spacial score (nSPS) is 13.8. The maximum absolute atomic E-state index is 12.3. The molecular formula is C20H24N4O. The zero-order valence-electron chi connectivity index (χ0n) is 14.4. The van der Waals surface area contributed by atoms with Crippen molar-refractivity contribution in [1.82, 2.24) is 15.3 Å². The third-order valence-corrected chi connectivity index (χ3v) is 4.34. The van der Waals surface area contributed by atoms with Gasteiger partial charge in [-0.1, -0.05) is 17.7 Å².